The fourth-order valence-electron chi connectivity index (χ4n) is 4.87. The number of rotatable bonds is 8. The van der Waals surface area contributed by atoms with Crippen LogP contribution in [0.2, 0.25) is 0 Å². The molecule has 2 bridgehead atoms. The summed E-state index contributed by atoms with van der Waals surface area (Å²) in [6.07, 6.45) is 5.93. The Morgan fingerprint density at radius 2 is 1.74 bits per heavy atom. The lowest BCUT2D eigenvalue weighted by molar-refractivity contribution is -0.140. The first-order chi connectivity index (χ1) is 14.6. The minimum atomic E-state index is -0.108. The van der Waals surface area contributed by atoms with Crippen molar-refractivity contribution in [1.82, 2.24) is 15.5 Å². The number of carbonyl (C=O) groups is 2. The summed E-state index contributed by atoms with van der Waals surface area (Å²) < 4.78 is 5.18. The lowest BCUT2D eigenvalue weighted by Crippen LogP contribution is -2.40. The number of guanidine groups is 1. The van der Waals surface area contributed by atoms with Gasteiger partial charge in [0.1, 0.15) is 5.75 Å². The molecule has 2 N–H and O–H groups in total. The molecule has 8 heteroatoms. The van der Waals surface area contributed by atoms with Crippen LogP contribution in [0.3, 0.4) is 0 Å². The van der Waals surface area contributed by atoms with Crippen LogP contribution < -0.4 is 15.4 Å². The Balaban J connectivity index is 0.00000272. The summed E-state index contributed by atoms with van der Waals surface area (Å²) in [6.45, 7) is 4.45. The molecule has 2 amide bonds. The number of hydrogen-bond donors (Lipinski definition) is 2. The first kappa shape index (κ1) is 23.6. The Morgan fingerprint density at radius 1 is 1.10 bits per heavy atom. The number of amides is 2. The maximum atomic E-state index is 12.7. The summed E-state index contributed by atoms with van der Waals surface area (Å²) in [5.41, 5.74) is 1.09. The van der Waals surface area contributed by atoms with Crippen LogP contribution in [0.1, 0.15) is 25.3 Å². The third kappa shape index (κ3) is 4.88. The number of benzene rings is 1. The first-order valence-electron chi connectivity index (χ1n) is 10.8. The molecule has 1 saturated heterocycles. The average molecular weight is 538 g/mol. The van der Waals surface area contributed by atoms with Gasteiger partial charge in [0.2, 0.25) is 11.8 Å². The van der Waals surface area contributed by atoms with E-state index in [1.165, 1.54) is 4.90 Å². The van der Waals surface area contributed by atoms with E-state index in [1.807, 2.05) is 31.2 Å². The molecule has 1 aromatic carbocycles. The van der Waals surface area contributed by atoms with E-state index in [4.69, 9.17) is 4.74 Å². The molecule has 1 saturated carbocycles. The Hall–Kier alpha value is -2.10. The molecule has 31 heavy (non-hydrogen) atoms. The Bertz CT molecular complexity index is 825. The van der Waals surface area contributed by atoms with Gasteiger partial charge in [0.05, 0.1) is 25.5 Å². The number of nitrogens with one attached hydrogen (secondary N) is 2. The van der Waals surface area contributed by atoms with Crippen LogP contribution in [0.25, 0.3) is 0 Å². The van der Waals surface area contributed by atoms with Gasteiger partial charge in [0.15, 0.2) is 5.96 Å². The molecule has 4 rings (SSSR count). The molecule has 0 aromatic heterocycles. The second-order valence-electron chi connectivity index (χ2n) is 8.15. The van der Waals surface area contributed by atoms with Crippen LogP contribution in [0, 0.1) is 23.7 Å². The van der Waals surface area contributed by atoms with E-state index in [2.05, 4.69) is 27.8 Å². The fourth-order valence-corrected chi connectivity index (χ4v) is 4.87. The number of aliphatic imine (C=N–C) groups is 1. The summed E-state index contributed by atoms with van der Waals surface area (Å²) >= 11 is 0. The van der Waals surface area contributed by atoms with Crippen molar-refractivity contribution < 1.29 is 14.3 Å². The topological polar surface area (TPSA) is 83.0 Å². The number of ether oxygens (including phenoxy) is 1. The summed E-state index contributed by atoms with van der Waals surface area (Å²) in [5.74, 6) is 1.93. The summed E-state index contributed by atoms with van der Waals surface area (Å²) in [4.78, 5) is 31.6. The van der Waals surface area contributed by atoms with Crippen molar-refractivity contribution in [1.29, 1.82) is 0 Å². The summed E-state index contributed by atoms with van der Waals surface area (Å²) in [5, 5.41) is 6.53. The monoisotopic (exact) mass is 538 g/mol. The van der Waals surface area contributed by atoms with Gasteiger partial charge in [-0.25, -0.2) is 4.99 Å². The van der Waals surface area contributed by atoms with E-state index in [0.29, 0.717) is 26.1 Å². The van der Waals surface area contributed by atoms with Gasteiger partial charge in [-0.1, -0.05) is 24.3 Å². The molecule has 1 heterocycles. The molecule has 4 unspecified atom stereocenters. The van der Waals surface area contributed by atoms with Crippen molar-refractivity contribution in [3.8, 4) is 5.75 Å². The molecule has 168 valence electrons. The zero-order chi connectivity index (χ0) is 21.1. The van der Waals surface area contributed by atoms with E-state index < -0.39 is 0 Å². The molecular formula is C23H31IN4O3. The van der Waals surface area contributed by atoms with Crippen molar-refractivity contribution in [2.24, 2.45) is 28.7 Å². The highest BCUT2D eigenvalue weighted by atomic mass is 127. The predicted octanol–water partition coefficient (Wildman–Crippen LogP) is 2.57. The molecule has 1 aliphatic heterocycles. The Morgan fingerprint density at radius 3 is 2.32 bits per heavy atom. The lowest BCUT2D eigenvalue weighted by atomic mass is 9.85. The van der Waals surface area contributed by atoms with Gasteiger partial charge >= 0.3 is 0 Å². The van der Waals surface area contributed by atoms with Gasteiger partial charge < -0.3 is 15.4 Å². The van der Waals surface area contributed by atoms with Crippen LogP contribution >= 0.6 is 24.0 Å². The predicted molar refractivity (Wildman–Crippen MR) is 130 cm³/mol. The molecular weight excluding hydrogens is 507 g/mol. The van der Waals surface area contributed by atoms with Gasteiger partial charge in [0.25, 0.3) is 0 Å². The van der Waals surface area contributed by atoms with Crippen LogP contribution in [0.4, 0.5) is 0 Å². The molecule has 2 aliphatic carbocycles. The van der Waals surface area contributed by atoms with E-state index in [9.17, 15) is 9.59 Å². The summed E-state index contributed by atoms with van der Waals surface area (Å²) in [7, 11) is 1.65. The van der Waals surface area contributed by atoms with Crippen LogP contribution in [0.15, 0.2) is 41.4 Å². The van der Waals surface area contributed by atoms with Gasteiger partial charge in [-0.05, 0) is 49.3 Å². The van der Waals surface area contributed by atoms with Crippen molar-refractivity contribution in [2.75, 3.05) is 26.7 Å². The van der Waals surface area contributed by atoms with Gasteiger partial charge in [-0.2, -0.15) is 0 Å². The molecule has 0 spiro atoms. The van der Waals surface area contributed by atoms with E-state index in [0.717, 1.165) is 30.2 Å². The third-order valence-electron chi connectivity index (χ3n) is 6.34. The smallest absolute Gasteiger partial charge is 0.233 e. The molecule has 3 aliphatic rings. The number of carbonyl (C=O) groups excluding carboxylic acids is 2. The van der Waals surface area contributed by atoms with Gasteiger partial charge in [-0.3, -0.25) is 14.5 Å². The highest BCUT2D eigenvalue weighted by Crippen LogP contribution is 2.52. The van der Waals surface area contributed by atoms with E-state index in [-0.39, 0.29) is 59.5 Å². The normalized spacial score (nSPS) is 26.1. The second-order valence-corrected chi connectivity index (χ2v) is 8.15. The van der Waals surface area contributed by atoms with E-state index in [1.54, 1.807) is 7.11 Å². The zero-order valence-corrected chi connectivity index (χ0v) is 20.4. The quantitative estimate of drug-likeness (QED) is 0.133. The number of halogens is 1. The SMILES string of the molecule is CCNC(=NCc1ccc(OC)cc1)NCCCN1C(=O)C2C3C=CC(C3)C2C1=O.I. The van der Waals surface area contributed by atoms with Crippen molar-refractivity contribution in [3.63, 3.8) is 0 Å². The zero-order valence-electron chi connectivity index (χ0n) is 18.0. The van der Waals surface area contributed by atoms with E-state index >= 15 is 0 Å². The number of fused-ring (bicyclic) bond motifs is 5. The molecule has 0 radical (unpaired) electrons. The Kier molecular flexibility index (Phi) is 7.96. The maximum Gasteiger partial charge on any atom is 0.233 e. The molecule has 7 nitrogen and oxygen atoms in total. The van der Waals surface area contributed by atoms with Crippen LogP contribution in [-0.4, -0.2) is 49.4 Å². The standard InChI is InChI=1S/C23H30N4O3.HI/c1-3-24-23(26-14-15-5-9-18(30-2)10-6-15)25-11-4-12-27-21(28)19-16-7-8-17(13-16)20(19)22(27)29;/h5-10,16-17,19-20H,3-4,11-14H2,1-2H3,(H2,24,25,26);1H. The fraction of sp³-hybridized carbons (Fsp3) is 0.522. The highest BCUT2D eigenvalue weighted by Gasteiger charge is 2.58. The maximum absolute atomic E-state index is 12.7. The average Bonchev–Trinajstić information content (AvgIpc) is 3.44. The number of nitrogens with zero attached hydrogens (tertiary/aromatic N) is 2. The minimum Gasteiger partial charge on any atom is -0.497 e. The molecule has 1 aromatic rings. The number of allylic oxidation sites excluding steroid dienone is 2. The highest BCUT2D eigenvalue weighted by molar-refractivity contribution is 14.0. The Labute approximate surface area is 200 Å². The molecule has 2 fully saturated rings. The number of imide groups is 1. The van der Waals surface area contributed by atoms with Gasteiger partial charge in [-0.15, -0.1) is 24.0 Å². The molecule has 4 atom stereocenters. The number of likely N-dealkylation sites (tertiary alicyclic amines) is 1. The van der Waals surface area contributed by atoms with Crippen molar-refractivity contribution >= 4 is 41.8 Å². The van der Waals surface area contributed by atoms with Gasteiger partial charge in [0, 0.05) is 19.6 Å². The second kappa shape index (κ2) is 10.5. The third-order valence-corrected chi connectivity index (χ3v) is 6.34. The lowest BCUT2D eigenvalue weighted by Gasteiger charge is -2.18. The minimum absolute atomic E-state index is 0. The van der Waals surface area contributed by atoms with Crippen molar-refractivity contribution in [2.45, 2.75) is 26.3 Å². The summed E-state index contributed by atoms with van der Waals surface area (Å²) in [6, 6.07) is 7.84. The first-order valence-corrected chi connectivity index (χ1v) is 10.8. The number of methoxy groups -OCH3 is 1. The van der Waals surface area contributed by atoms with Crippen LogP contribution in [-0.2, 0) is 16.1 Å². The van der Waals surface area contributed by atoms with Crippen LogP contribution in [0.5, 0.6) is 5.75 Å². The number of hydrogen-bond acceptors (Lipinski definition) is 4. The van der Waals surface area contributed by atoms with Crippen molar-refractivity contribution in [3.05, 3.63) is 42.0 Å². The largest absolute Gasteiger partial charge is 0.497 e.